The third-order valence-electron chi connectivity index (χ3n) is 3.91. The first kappa shape index (κ1) is 16.2. The summed E-state index contributed by atoms with van der Waals surface area (Å²) in [6.45, 7) is 4.09. The smallest absolute Gasteiger partial charge is 0.303 e. The number of nitrogens with zero attached hydrogens (tertiary/aromatic N) is 3. The summed E-state index contributed by atoms with van der Waals surface area (Å²) >= 11 is 0. The predicted octanol–water partition coefficient (Wildman–Crippen LogP) is 1.97. The quantitative estimate of drug-likeness (QED) is 0.471. The molecule has 0 aromatic heterocycles. The first-order valence-electron chi connectivity index (χ1n) is 7.50. The molecule has 7 heteroatoms. The molecular formula is C15H21N3O4. The fraction of sp³-hybridized carbons (Fsp3) is 0.533. The second kappa shape index (κ2) is 7.74. The van der Waals surface area contributed by atoms with E-state index in [1.807, 2.05) is 11.0 Å². The van der Waals surface area contributed by atoms with E-state index in [1.165, 1.54) is 6.07 Å². The van der Waals surface area contributed by atoms with E-state index in [0.29, 0.717) is 12.1 Å². The van der Waals surface area contributed by atoms with Crippen LogP contribution in [0.1, 0.15) is 19.3 Å². The van der Waals surface area contributed by atoms with Crippen LogP contribution < -0.4 is 4.90 Å². The van der Waals surface area contributed by atoms with Crippen LogP contribution in [0.2, 0.25) is 0 Å². The number of unbranched alkanes of at least 4 members (excludes halogenated alkanes) is 1. The fourth-order valence-corrected chi connectivity index (χ4v) is 2.71. The van der Waals surface area contributed by atoms with Gasteiger partial charge in [0.15, 0.2) is 0 Å². The van der Waals surface area contributed by atoms with Crippen molar-refractivity contribution in [2.45, 2.75) is 19.3 Å². The molecular weight excluding hydrogens is 286 g/mol. The van der Waals surface area contributed by atoms with Crippen LogP contribution in [0.25, 0.3) is 0 Å². The molecule has 22 heavy (non-hydrogen) atoms. The van der Waals surface area contributed by atoms with E-state index in [1.54, 1.807) is 12.1 Å². The van der Waals surface area contributed by atoms with Crippen molar-refractivity contribution in [2.24, 2.45) is 0 Å². The molecule has 1 saturated heterocycles. The number of hydrogen-bond acceptors (Lipinski definition) is 5. The SMILES string of the molecule is O=C(O)CCCCN1CCN(c2ccccc2[N+](=O)[O-])CC1. The molecule has 0 unspecified atom stereocenters. The molecule has 1 heterocycles. The molecule has 0 atom stereocenters. The number of rotatable bonds is 7. The minimum absolute atomic E-state index is 0.150. The molecule has 1 aromatic carbocycles. The summed E-state index contributed by atoms with van der Waals surface area (Å²) in [7, 11) is 0. The van der Waals surface area contributed by atoms with Gasteiger partial charge in [-0.05, 0) is 25.5 Å². The second-order valence-corrected chi connectivity index (χ2v) is 5.43. The van der Waals surface area contributed by atoms with Gasteiger partial charge in [-0.1, -0.05) is 12.1 Å². The fourth-order valence-electron chi connectivity index (χ4n) is 2.71. The average molecular weight is 307 g/mol. The molecule has 0 saturated carbocycles. The highest BCUT2D eigenvalue weighted by Gasteiger charge is 2.22. The normalized spacial score (nSPS) is 15.7. The van der Waals surface area contributed by atoms with Crippen LogP contribution in [-0.2, 0) is 4.79 Å². The molecule has 0 bridgehead atoms. The van der Waals surface area contributed by atoms with Gasteiger partial charge < -0.3 is 10.0 Å². The first-order valence-corrected chi connectivity index (χ1v) is 7.50. The Labute approximate surface area is 129 Å². The van der Waals surface area contributed by atoms with Crippen molar-refractivity contribution in [3.63, 3.8) is 0 Å². The van der Waals surface area contributed by atoms with Gasteiger partial charge in [0.1, 0.15) is 5.69 Å². The Balaban J connectivity index is 1.82. The molecule has 0 spiro atoms. The zero-order chi connectivity index (χ0) is 15.9. The Morgan fingerprint density at radius 2 is 1.86 bits per heavy atom. The van der Waals surface area contributed by atoms with Gasteiger partial charge in [0.05, 0.1) is 4.92 Å². The molecule has 1 fully saturated rings. The Morgan fingerprint density at radius 3 is 2.50 bits per heavy atom. The van der Waals surface area contributed by atoms with Crippen LogP contribution in [0.3, 0.4) is 0 Å². The Hall–Kier alpha value is -2.15. The van der Waals surface area contributed by atoms with E-state index in [0.717, 1.165) is 39.1 Å². The number of hydrogen-bond donors (Lipinski definition) is 1. The van der Waals surface area contributed by atoms with Gasteiger partial charge >= 0.3 is 5.97 Å². The van der Waals surface area contributed by atoms with Crippen LogP contribution in [0, 0.1) is 10.1 Å². The number of benzene rings is 1. The summed E-state index contributed by atoms with van der Waals surface area (Å²) in [6, 6.07) is 6.83. The zero-order valence-electron chi connectivity index (χ0n) is 12.5. The second-order valence-electron chi connectivity index (χ2n) is 5.43. The summed E-state index contributed by atoms with van der Waals surface area (Å²) in [5.41, 5.74) is 0.829. The number of nitro benzene ring substituents is 1. The lowest BCUT2D eigenvalue weighted by Crippen LogP contribution is -2.46. The Bertz CT molecular complexity index is 527. The summed E-state index contributed by atoms with van der Waals surface area (Å²) in [6.07, 6.45) is 1.79. The van der Waals surface area contributed by atoms with Gasteiger partial charge in [-0.15, -0.1) is 0 Å². The number of carbonyl (C=O) groups is 1. The maximum absolute atomic E-state index is 11.1. The molecule has 2 rings (SSSR count). The standard InChI is InChI=1S/C15H21N3O4/c19-15(20)7-3-4-8-16-9-11-17(12-10-16)13-5-1-2-6-14(13)18(21)22/h1-2,5-6H,3-4,7-12H2,(H,19,20). The molecule has 7 nitrogen and oxygen atoms in total. The highest BCUT2D eigenvalue weighted by atomic mass is 16.6. The number of carboxylic acid groups (broad SMARTS) is 1. The molecule has 0 radical (unpaired) electrons. The van der Waals surface area contributed by atoms with E-state index >= 15 is 0 Å². The first-order chi connectivity index (χ1) is 10.6. The van der Waals surface area contributed by atoms with Crippen LogP contribution >= 0.6 is 0 Å². The van der Waals surface area contributed by atoms with E-state index < -0.39 is 5.97 Å². The number of aliphatic carboxylic acids is 1. The van der Waals surface area contributed by atoms with Gasteiger partial charge in [-0.3, -0.25) is 19.8 Å². The van der Waals surface area contributed by atoms with Crippen molar-refractivity contribution >= 4 is 17.3 Å². The topological polar surface area (TPSA) is 86.9 Å². The zero-order valence-corrected chi connectivity index (χ0v) is 12.5. The Kier molecular flexibility index (Phi) is 5.71. The van der Waals surface area contributed by atoms with Crippen LogP contribution in [0.4, 0.5) is 11.4 Å². The third kappa shape index (κ3) is 4.42. The summed E-state index contributed by atoms with van der Waals surface area (Å²) in [5, 5.41) is 19.7. The van der Waals surface area contributed by atoms with Crippen LogP contribution in [-0.4, -0.2) is 53.6 Å². The number of carboxylic acids is 1. The van der Waals surface area contributed by atoms with Crippen molar-refractivity contribution < 1.29 is 14.8 Å². The third-order valence-corrected chi connectivity index (χ3v) is 3.91. The van der Waals surface area contributed by atoms with E-state index in [9.17, 15) is 14.9 Å². The average Bonchev–Trinajstić information content (AvgIpc) is 2.52. The predicted molar refractivity (Wildman–Crippen MR) is 83.2 cm³/mol. The summed E-state index contributed by atoms with van der Waals surface area (Å²) in [4.78, 5) is 25.5. The van der Waals surface area contributed by atoms with Crippen molar-refractivity contribution in [3.05, 3.63) is 34.4 Å². The van der Waals surface area contributed by atoms with Gasteiger partial charge in [0.2, 0.25) is 0 Å². The molecule has 1 aromatic rings. The monoisotopic (exact) mass is 307 g/mol. The molecule has 0 amide bonds. The maximum Gasteiger partial charge on any atom is 0.303 e. The molecule has 1 aliphatic rings. The number of para-hydroxylation sites is 2. The van der Waals surface area contributed by atoms with Gasteiger partial charge in [-0.2, -0.15) is 0 Å². The maximum atomic E-state index is 11.1. The van der Waals surface area contributed by atoms with Gasteiger partial charge in [0, 0.05) is 38.7 Å². The van der Waals surface area contributed by atoms with Crippen molar-refractivity contribution in [2.75, 3.05) is 37.6 Å². The van der Waals surface area contributed by atoms with Gasteiger partial charge in [-0.25, -0.2) is 0 Å². The highest BCUT2D eigenvalue weighted by molar-refractivity contribution is 5.66. The number of nitro groups is 1. The largest absolute Gasteiger partial charge is 0.481 e. The van der Waals surface area contributed by atoms with Crippen LogP contribution in [0.5, 0.6) is 0 Å². The lowest BCUT2D eigenvalue weighted by Gasteiger charge is -2.35. The van der Waals surface area contributed by atoms with E-state index in [2.05, 4.69) is 4.90 Å². The van der Waals surface area contributed by atoms with Crippen molar-refractivity contribution in [3.8, 4) is 0 Å². The highest BCUT2D eigenvalue weighted by Crippen LogP contribution is 2.28. The Morgan fingerprint density at radius 1 is 1.18 bits per heavy atom. The van der Waals surface area contributed by atoms with Crippen molar-refractivity contribution in [1.29, 1.82) is 0 Å². The van der Waals surface area contributed by atoms with E-state index in [-0.39, 0.29) is 17.0 Å². The van der Waals surface area contributed by atoms with Gasteiger partial charge in [0.25, 0.3) is 5.69 Å². The van der Waals surface area contributed by atoms with E-state index in [4.69, 9.17) is 5.11 Å². The lowest BCUT2D eigenvalue weighted by molar-refractivity contribution is -0.384. The number of piperazine rings is 1. The molecule has 120 valence electrons. The lowest BCUT2D eigenvalue weighted by atomic mass is 10.2. The molecule has 1 aliphatic heterocycles. The van der Waals surface area contributed by atoms with Crippen LogP contribution in [0.15, 0.2) is 24.3 Å². The summed E-state index contributed by atoms with van der Waals surface area (Å²) < 4.78 is 0. The molecule has 1 N–H and O–H groups in total. The summed E-state index contributed by atoms with van der Waals surface area (Å²) in [5.74, 6) is -0.749. The number of anilines is 1. The van der Waals surface area contributed by atoms with Crippen molar-refractivity contribution in [1.82, 2.24) is 4.90 Å². The minimum atomic E-state index is -0.749. The molecule has 0 aliphatic carbocycles. The minimum Gasteiger partial charge on any atom is -0.481 e.